The third-order valence-corrected chi connectivity index (χ3v) is 10.9. The number of amides is 4. The van der Waals surface area contributed by atoms with E-state index >= 15 is 0 Å². The van der Waals surface area contributed by atoms with E-state index in [1.165, 1.54) is 13.0 Å². The summed E-state index contributed by atoms with van der Waals surface area (Å²) >= 11 is 0. The van der Waals surface area contributed by atoms with Gasteiger partial charge in [-0.2, -0.15) is 0 Å². The highest BCUT2D eigenvalue weighted by Gasteiger charge is 2.43. The van der Waals surface area contributed by atoms with Gasteiger partial charge >= 0.3 is 0 Å². The zero-order valence-corrected chi connectivity index (χ0v) is 35.9. The van der Waals surface area contributed by atoms with Crippen LogP contribution < -0.4 is 10.6 Å². The van der Waals surface area contributed by atoms with E-state index in [9.17, 15) is 24.0 Å². The number of carbonyl (C=O) groups excluding carboxylic acids is 5. The van der Waals surface area contributed by atoms with Gasteiger partial charge in [0.2, 0.25) is 23.6 Å². The standard InChI is InChI=1S/C42H73N5O7/c1-16-29(8)38(46(13)42(52)36(26(3)4)44-41(51)37(27(5)6)45(11)12)34(53-14)25-35(49)47-24-18-19-33(47)39(54-15)30(9)40(50)43-23-22-28(7)20-21-32(17-2)31(10)48/h17,20-21,26-27,29-30,33-34,36-39H,2,16,18-19,22-25H2,1,3-15H3,(H,43,50)(H,44,51)/b28-20+,32-21+/t29?,30?,33?,34?,36-,37?,38?,39?/m0/s1. The van der Waals surface area contributed by atoms with Crippen molar-refractivity contribution < 1.29 is 33.4 Å². The average molecular weight is 760 g/mol. The lowest BCUT2D eigenvalue weighted by Crippen LogP contribution is -2.59. The normalized spacial score (nSPS) is 19.2. The van der Waals surface area contributed by atoms with Crippen molar-refractivity contribution in [1.82, 2.24) is 25.3 Å². The quantitative estimate of drug-likeness (QED) is 0.112. The van der Waals surface area contributed by atoms with Gasteiger partial charge in [-0.25, -0.2) is 0 Å². The molecule has 12 nitrogen and oxygen atoms in total. The van der Waals surface area contributed by atoms with Gasteiger partial charge in [0.05, 0.1) is 42.7 Å². The molecule has 1 saturated heterocycles. The third kappa shape index (κ3) is 13.7. The van der Waals surface area contributed by atoms with Crippen LogP contribution in [-0.2, 0) is 33.4 Å². The summed E-state index contributed by atoms with van der Waals surface area (Å²) in [5.41, 5.74) is 1.53. The lowest BCUT2D eigenvalue weighted by molar-refractivity contribution is -0.148. The zero-order valence-electron chi connectivity index (χ0n) is 35.9. The first kappa shape index (κ1) is 48.7. The maximum atomic E-state index is 14.2. The highest BCUT2D eigenvalue weighted by molar-refractivity contribution is 5.96. The number of hydrogen-bond donors (Lipinski definition) is 2. The molecule has 0 aliphatic carbocycles. The van der Waals surface area contributed by atoms with Gasteiger partial charge in [0.25, 0.3) is 0 Å². The maximum Gasteiger partial charge on any atom is 0.245 e. The molecule has 12 heteroatoms. The molecule has 2 N–H and O–H groups in total. The molecule has 308 valence electrons. The Hall–Kier alpha value is -3.35. The minimum atomic E-state index is -0.754. The molecule has 0 radical (unpaired) electrons. The number of carbonyl (C=O) groups is 5. The molecule has 0 aromatic carbocycles. The van der Waals surface area contributed by atoms with Crippen LogP contribution in [0.15, 0.2) is 36.0 Å². The van der Waals surface area contributed by atoms with Crippen LogP contribution in [0.25, 0.3) is 0 Å². The van der Waals surface area contributed by atoms with Crippen molar-refractivity contribution in [2.45, 2.75) is 131 Å². The fraction of sp³-hybridized carbons (Fsp3) is 0.738. The summed E-state index contributed by atoms with van der Waals surface area (Å²) in [5.74, 6) is -1.42. The van der Waals surface area contributed by atoms with Crippen LogP contribution in [0.1, 0.15) is 94.4 Å². The number of likely N-dealkylation sites (tertiary alicyclic amines) is 1. The minimum Gasteiger partial charge on any atom is -0.379 e. The Morgan fingerprint density at radius 1 is 0.926 bits per heavy atom. The van der Waals surface area contributed by atoms with Crippen LogP contribution in [0, 0.1) is 23.7 Å². The molecule has 8 atom stereocenters. The molecular formula is C42H73N5O7. The Morgan fingerprint density at radius 2 is 1.56 bits per heavy atom. The number of hydrogen-bond acceptors (Lipinski definition) is 8. The molecule has 1 aliphatic heterocycles. The Kier molecular flexibility index (Phi) is 21.2. The first-order chi connectivity index (χ1) is 25.3. The summed E-state index contributed by atoms with van der Waals surface area (Å²) in [6.45, 7) is 21.8. The second-order valence-corrected chi connectivity index (χ2v) is 15.9. The van der Waals surface area contributed by atoms with E-state index in [2.05, 4.69) is 17.2 Å². The largest absolute Gasteiger partial charge is 0.379 e. The van der Waals surface area contributed by atoms with E-state index in [1.54, 1.807) is 32.2 Å². The zero-order chi connectivity index (χ0) is 41.4. The summed E-state index contributed by atoms with van der Waals surface area (Å²) in [6, 6.07) is -1.89. The third-order valence-electron chi connectivity index (χ3n) is 10.9. The van der Waals surface area contributed by atoms with Crippen LogP contribution in [0.2, 0.25) is 0 Å². The minimum absolute atomic E-state index is 0.0112. The molecule has 54 heavy (non-hydrogen) atoms. The molecule has 7 unspecified atom stereocenters. The number of rotatable bonds is 23. The molecule has 0 aromatic rings. The summed E-state index contributed by atoms with van der Waals surface area (Å²) in [5, 5.41) is 6.05. The van der Waals surface area contributed by atoms with Crippen molar-refractivity contribution in [3.05, 3.63) is 36.0 Å². The number of ketones is 1. The lowest BCUT2D eigenvalue weighted by atomic mass is 9.89. The molecule has 1 aliphatic rings. The second-order valence-electron chi connectivity index (χ2n) is 15.9. The Morgan fingerprint density at radius 3 is 2.04 bits per heavy atom. The molecule has 1 heterocycles. The van der Waals surface area contributed by atoms with Crippen LogP contribution in [-0.4, -0.2) is 129 Å². The fourth-order valence-electron chi connectivity index (χ4n) is 7.60. The van der Waals surface area contributed by atoms with Gasteiger partial charge in [-0.15, -0.1) is 0 Å². The topological polar surface area (TPSA) is 138 Å². The second kappa shape index (κ2) is 23.5. The van der Waals surface area contributed by atoms with Crippen LogP contribution in [0.4, 0.5) is 0 Å². The van der Waals surface area contributed by atoms with Gasteiger partial charge in [-0.05, 0) is 65.0 Å². The van der Waals surface area contributed by atoms with Gasteiger partial charge in [0.1, 0.15) is 6.04 Å². The molecule has 0 aromatic heterocycles. The van der Waals surface area contributed by atoms with Gasteiger partial charge < -0.3 is 29.9 Å². The summed E-state index contributed by atoms with van der Waals surface area (Å²) in [4.78, 5) is 72.1. The van der Waals surface area contributed by atoms with Crippen molar-refractivity contribution >= 4 is 29.4 Å². The average Bonchev–Trinajstić information content (AvgIpc) is 3.59. The highest BCUT2D eigenvalue weighted by atomic mass is 16.5. The van der Waals surface area contributed by atoms with Crippen LogP contribution >= 0.6 is 0 Å². The number of methoxy groups -OCH3 is 2. The fourth-order valence-corrected chi connectivity index (χ4v) is 7.60. The molecule has 1 fully saturated rings. The number of allylic oxidation sites excluding steroid dienone is 4. The van der Waals surface area contributed by atoms with E-state index in [-0.39, 0.29) is 59.6 Å². The number of ether oxygens (including phenoxy) is 2. The van der Waals surface area contributed by atoms with E-state index in [1.807, 2.05) is 85.4 Å². The van der Waals surface area contributed by atoms with Gasteiger partial charge in [0, 0.05) is 39.9 Å². The van der Waals surface area contributed by atoms with Crippen molar-refractivity contribution in [2.24, 2.45) is 23.7 Å². The van der Waals surface area contributed by atoms with E-state index < -0.39 is 36.3 Å². The molecule has 0 spiro atoms. The molecule has 4 amide bonds. The van der Waals surface area contributed by atoms with Gasteiger partial charge in [0.15, 0.2) is 5.78 Å². The molecule has 0 saturated carbocycles. The van der Waals surface area contributed by atoms with E-state index in [0.29, 0.717) is 31.5 Å². The van der Waals surface area contributed by atoms with Crippen molar-refractivity contribution in [2.75, 3.05) is 48.5 Å². The molecular weight excluding hydrogens is 686 g/mol. The van der Waals surface area contributed by atoms with E-state index in [0.717, 1.165) is 18.4 Å². The smallest absolute Gasteiger partial charge is 0.245 e. The SMILES string of the molecule is C=C/C(=C\C=C(/C)CCNC(=O)C(C)C(OC)C1CCCN1C(=O)CC(OC)C(C(C)CC)N(C)C(=O)[C@@H](NC(=O)C(C(C)C)N(C)C)C(C)C)C(C)=O. The first-order valence-electron chi connectivity index (χ1n) is 19.7. The maximum absolute atomic E-state index is 14.2. The number of nitrogens with one attached hydrogen (secondary N) is 2. The summed E-state index contributed by atoms with van der Waals surface area (Å²) in [6.07, 6.45) is 6.85. The lowest BCUT2D eigenvalue weighted by Gasteiger charge is -2.41. The Bertz CT molecular complexity index is 1320. The molecule has 1 rings (SSSR count). The Balaban J connectivity index is 3.16. The summed E-state index contributed by atoms with van der Waals surface area (Å²) < 4.78 is 11.9. The highest BCUT2D eigenvalue weighted by Crippen LogP contribution is 2.29. The van der Waals surface area contributed by atoms with E-state index in [4.69, 9.17) is 9.47 Å². The van der Waals surface area contributed by atoms with Crippen LogP contribution in [0.5, 0.6) is 0 Å². The number of likely N-dealkylation sites (N-methyl/N-ethyl adjacent to an activating group) is 2. The summed E-state index contributed by atoms with van der Waals surface area (Å²) in [7, 11) is 8.59. The predicted molar refractivity (Wildman–Crippen MR) is 216 cm³/mol. The van der Waals surface area contributed by atoms with Gasteiger partial charge in [-0.3, -0.25) is 28.9 Å². The number of nitrogens with zero attached hydrogens (tertiary/aromatic N) is 3. The first-order valence-corrected chi connectivity index (χ1v) is 19.7. The monoisotopic (exact) mass is 760 g/mol. The molecule has 0 bridgehead atoms. The van der Waals surface area contributed by atoms with Crippen LogP contribution in [0.3, 0.4) is 0 Å². The predicted octanol–water partition coefficient (Wildman–Crippen LogP) is 4.79. The Labute approximate surface area is 326 Å². The number of Topliss-reactive ketones (excluding diaryl/α,β-unsaturated/α-hetero) is 1. The van der Waals surface area contributed by atoms with Crippen molar-refractivity contribution in [3.8, 4) is 0 Å². The van der Waals surface area contributed by atoms with Crippen molar-refractivity contribution in [1.29, 1.82) is 0 Å². The van der Waals surface area contributed by atoms with Gasteiger partial charge in [-0.1, -0.05) is 85.3 Å². The van der Waals surface area contributed by atoms with Crippen molar-refractivity contribution in [3.63, 3.8) is 0 Å².